The fourth-order valence-corrected chi connectivity index (χ4v) is 3.45. The van der Waals surface area contributed by atoms with Crippen LogP contribution in [0, 0.1) is 6.92 Å². The molecule has 2 aromatic rings. The quantitative estimate of drug-likeness (QED) is 0.693. The summed E-state index contributed by atoms with van der Waals surface area (Å²) < 4.78 is 36.3. The molecule has 7 heteroatoms. The minimum absolute atomic E-state index is 0.0626. The summed E-state index contributed by atoms with van der Waals surface area (Å²) >= 11 is 0. The van der Waals surface area contributed by atoms with Crippen LogP contribution < -0.4 is 8.92 Å². The van der Waals surface area contributed by atoms with E-state index in [0.717, 1.165) is 12.0 Å². The van der Waals surface area contributed by atoms with Crippen LogP contribution in [0.1, 0.15) is 29.3 Å². The summed E-state index contributed by atoms with van der Waals surface area (Å²) in [6, 6.07) is 10.9. The summed E-state index contributed by atoms with van der Waals surface area (Å²) in [5, 5.41) is 0. The molecule has 0 N–H and O–H groups in total. The largest absolute Gasteiger partial charge is 0.493 e. The third-order valence-corrected chi connectivity index (χ3v) is 4.80. The van der Waals surface area contributed by atoms with Crippen LogP contribution in [0.3, 0.4) is 0 Å². The predicted molar refractivity (Wildman–Crippen MR) is 99.2 cm³/mol. The van der Waals surface area contributed by atoms with Crippen molar-refractivity contribution >= 4 is 16.0 Å². The van der Waals surface area contributed by atoms with Gasteiger partial charge in [-0.2, -0.15) is 8.42 Å². The Hall–Kier alpha value is -2.54. The molecule has 0 aliphatic rings. The first-order chi connectivity index (χ1) is 12.2. The minimum atomic E-state index is -4.18. The molecule has 6 nitrogen and oxygen atoms in total. The molecule has 26 heavy (non-hydrogen) atoms. The third kappa shape index (κ3) is 4.76. The van der Waals surface area contributed by atoms with Gasteiger partial charge in [0.25, 0.3) is 5.91 Å². The van der Waals surface area contributed by atoms with E-state index in [9.17, 15) is 13.2 Å². The van der Waals surface area contributed by atoms with Crippen LogP contribution in [0.15, 0.2) is 47.4 Å². The molecular formula is C19H23NO5S. The van der Waals surface area contributed by atoms with Crippen LogP contribution in [0.5, 0.6) is 11.5 Å². The van der Waals surface area contributed by atoms with Gasteiger partial charge in [-0.1, -0.05) is 19.1 Å². The second-order valence-corrected chi connectivity index (χ2v) is 7.58. The van der Waals surface area contributed by atoms with Crippen LogP contribution in [0.4, 0.5) is 0 Å². The molecule has 2 rings (SSSR count). The third-order valence-electron chi connectivity index (χ3n) is 3.50. The van der Waals surface area contributed by atoms with Gasteiger partial charge in [0.2, 0.25) is 0 Å². The highest BCUT2D eigenvalue weighted by molar-refractivity contribution is 7.87. The van der Waals surface area contributed by atoms with Gasteiger partial charge in [0.05, 0.1) is 12.2 Å². The van der Waals surface area contributed by atoms with Crippen molar-refractivity contribution in [2.24, 2.45) is 0 Å². The molecule has 0 radical (unpaired) electrons. The Balaban J connectivity index is 2.38. The number of carbonyl (C=O) groups is 1. The molecule has 140 valence electrons. The lowest BCUT2D eigenvalue weighted by molar-refractivity contribution is 0.0823. The molecule has 1 amide bonds. The monoisotopic (exact) mass is 377 g/mol. The maximum Gasteiger partial charge on any atom is 0.340 e. The fraction of sp³-hybridized carbons (Fsp3) is 0.316. The lowest BCUT2D eigenvalue weighted by Gasteiger charge is -2.15. The van der Waals surface area contributed by atoms with Gasteiger partial charge in [0, 0.05) is 20.2 Å². The lowest BCUT2D eigenvalue weighted by Crippen LogP contribution is -2.24. The summed E-state index contributed by atoms with van der Waals surface area (Å²) in [6.07, 6.45) is 0.836. The van der Waals surface area contributed by atoms with Crippen molar-refractivity contribution in [1.82, 2.24) is 4.90 Å². The summed E-state index contributed by atoms with van der Waals surface area (Å²) in [4.78, 5) is 13.4. The van der Waals surface area contributed by atoms with Crippen LogP contribution >= 0.6 is 0 Å². The second kappa shape index (κ2) is 8.23. The number of amides is 1. The maximum absolute atomic E-state index is 12.8. The van der Waals surface area contributed by atoms with E-state index in [-0.39, 0.29) is 16.2 Å². The number of ether oxygens (including phenoxy) is 1. The zero-order valence-electron chi connectivity index (χ0n) is 15.4. The van der Waals surface area contributed by atoms with Gasteiger partial charge in [-0.25, -0.2) is 0 Å². The maximum atomic E-state index is 12.8. The zero-order valence-corrected chi connectivity index (χ0v) is 16.2. The summed E-state index contributed by atoms with van der Waals surface area (Å²) in [6.45, 7) is 4.33. The number of aryl methyl sites for hydroxylation is 1. The average molecular weight is 377 g/mol. The first-order valence-electron chi connectivity index (χ1n) is 8.24. The molecule has 0 heterocycles. The SMILES string of the molecule is CCCOc1cc(C)cc(OS(=O)(=O)c2ccccc2C(=O)N(C)C)c1. The van der Waals surface area contributed by atoms with Gasteiger partial charge in [-0.3, -0.25) is 4.79 Å². The standard InChI is InChI=1S/C19H23NO5S/c1-5-10-24-15-11-14(2)12-16(13-15)25-26(22,23)18-9-7-6-8-17(18)19(21)20(3)4/h6-9,11-13H,5,10H2,1-4H3. The Morgan fingerprint density at radius 3 is 2.38 bits per heavy atom. The van der Waals surface area contributed by atoms with E-state index < -0.39 is 16.0 Å². The zero-order chi connectivity index (χ0) is 19.3. The molecular weight excluding hydrogens is 354 g/mol. The topological polar surface area (TPSA) is 72.9 Å². The van der Waals surface area contributed by atoms with Crippen molar-refractivity contribution in [3.8, 4) is 11.5 Å². The van der Waals surface area contributed by atoms with Crippen molar-refractivity contribution in [2.45, 2.75) is 25.2 Å². The highest BCUT2D eigenvalue weighted by Crippen LogP contribution is 2.27. The molecule has 0 spiro atoms. The molecule has 0 unspecified atom stereocenters. The van der Waals surface area contributed by atoms with E-state index in [1.165, 1.54) is 23.1 Å². The smallest absolute Gasteiger partial charge is 0.340 e. The van der Waals surface area contributed by atoms with Gasteiger partial charge in [0.15, 0.2) is 0 Å². The fourth-order valence-electron chi connectivity index (χ4n) is 2.34. The Morgan fingerprint density at radius 2 is 1.73 bits per heavy atom. The first kappa shape index (κ1) is 19.8. The van der Waals surface area contributed by atoms with E-state index in [1.54, 1.807) is 38.4 Å². The summed E-state index contributed by atoms with van der Waals surface area (Å²) in [5.74, 6) is 0.266. The van der Waals surface area contributed by atoms with Crippen molar-refractivity contribution < 1.29 is 22.1 Å². The Labute approximate surface area is 154 Å². The van der Waals surface area contributed by atoms with Gasteiger partial charge in [0.1, 0.15) is 16.4 Å². The van der Waals surface area contributed by atoms with Crippen LogP contribution in [0.25, 0.3) is 0 Å². The van der Waals surface area contributed by atoms with Gasteiger partial charge < -0.3 is 13.8 Å². The van der Waals surface area contributed by atoms with Crippen LogP contribution in [0.2, 0.25) is 0 Å². The van der Waals surface area contributed by atoms with Crippen molar-refractivity contribution in [3.05, 3.63) is 53.6 Å². The molecule has 0 atom stereocenters. The van der Waals surface area contributed by atoms with E-state index >= 15 is 0 Å². The summed E-state index contributed by atoms with van der Waals surface area (Å²) in [7, 11) is -1.06. The van der Waals surface area contributed by atoms with Gasteiger partial charge >= 0.3 is 10.1 Å². The molecule has 0 aromatic heterocycles. The highest BCUT2D eigenvalue weighted by atomic mass is 32.2. The predicted octanol–water partition coefficient (Wildman–Crippen LogP) is 3.25. The number of rotatable bonds is 7. The van der Waals surface area contributed by atoms with Gasteiger partial charge in [-0.15, -0.1) is 0 Å². The molecule has 2 aromatic carbocycles. The van der Waals surface area contributed by atoms with Crippen LogP contribution in [-0.4, -0.2) is 39.9 Å². The van der Waals surface area contributed by atoms with Crippen molar-refractivity contribution in [1.29, 1.82) is 0 Å². The molecule has 0 aliphatic carbocycles. The first-order valence-corrected chi connectivity index (χ1v) is 9.65. The van der Waals surface area contributed by atoms with Crippen molar-refractivity contribution in [3.63, 3.8) is 0 Å². The van der Waals surface area contributed by atoms with E-state index in [0.29, 0.717) is 12.4 Å². The Bertz CT molecular complexity index is 891. The summed E-state index contributed by atoms with van der Waals surface area (Å²) in [5.41, 5.74) is 0.870. The van der Waals surface area contributed by atoms with Crippen molar-refractivity contribution in [2.75, 3.05) is 20.7 Å². The molecule has 0 saturated carbocycles. The number of benzene rings is 2. The number of hydrogen-bond acceptors (Lipinski definition) is 5. The lowest BCUT2D eigenvalue weighted by atomic mass is 10.2. The molecule has 0 fully saturated rings. The normalized spacial score (nSPS) is 11.1. The van der Waals surface area contributed by atoms with Gasteiger partial charge in [-0.05, 0) is 43.2 Å². The molecule has 0 bridgehead atoms. The Kier molecular flexibility index (Phi) is 6.26. The number of hydrogen-bond donors (Lipinski definition) is 0. The number of carbonyl (C=O) groups excluding carboxylic acids is 1. The van der Waals surface area contributed by atoms with Crippen LogP contribution in [-0.2, 0) is 10.1 Å². The average Bonchev–Trinajstić information content (AvgIpc) is 2.58. The number of nitrogens with zero attached hydrogens (tertiary/aromatic N) is 1. The van der Waals surface area contributed by atoms with E-state index in [1.807, 2.05) is 13.8 Å². The van der Waals surface area contributed by atoms with E-state index in [4.69, 9.17) is 8.92 Å². The van der Waals surface area contributed by atoms with E-state index in [2.05, 4.69) is 0 Å². The Morgan fingerprint density at radius 1 is 1.08 bits per heavy atom. The second-order valence-electron chi connectivity index (χ2n) is 6.06. The molecule has 0 saturated heterocycles. The molecule has 0 aliphatic heterocycles. The minimum Gasteiger partial charge on any atom is -0.493 e. The highest BCUT2D eigenvalue weighted by Gasteiger charge is 2.25.